The van der Waals surface area contributed by atoms with Crippen LogP contribution in [0.25, 0.3) is 0 Å². The van der Waals surface area contributed by atoms with Crippen molar-refractivity contribution < 1.29 is 14.3 Å². The molecular formula is C14H19NO3. The molecule has 0 aliphatic carbocycles. The standard InChI is InChI=1S/C14H19NO3/c1-15-7-2-4-12(16)11-5-6-13-14(10-11)18-9-3-8-17-13/h5-6,10,15H,2-4,7-9H2,1H3. The maximum atomic E-state index is 12.0. The van der Waals surface area contributed by atoms with Gasteiger partial charge in [-0.15, -0.1) is 0 Å². The highest BCUT2D eigenvalue weighted by Gasteiger charge is 2.13. The summed E-state index contributed by atoms with van der Waals surface area (Å²) in [5.74, 6) is 1.58. The third-order valence-electron chi connectivity index (χ3n) is 2.90. The van der Waals surface area contributed by atoms with Crippen LogP contribution in [0.2, 0.25) is 0 Å². The van der Waals surface area contributed by atoms with Gasteiger partial charge >= 0.3 is 0 Å². The van der Waals surface area contributed by atoms with E-state index in [0.29, 0.717) is 30.9 Å². The lowest BCUT2D eigenvalue weighted by Crippen LogP contribution is -2.10. The highest BCUT2D eigenvalue weighted by molar-refractivity contribution is 5.96. The number of carbonyl (C=O) groups excluding carboxylic acids is 1. The molecule has 0 bridgehead atoms. The molecule has 0 saturated heterocycles. The first-order chi connectivity index (χ1) is 8.81. The second-order valence-corrected chi connectivity index (χ2v) is 4.34. The zero-order chi connectivity index (χ0) is 12.8. The number of rotatable bonds is 5. The fraction of sp³-hybridized carbons (Fsp3) is 0.500. The van der Waals surface area contributed by atoms with Gasteiger partial charge in [0, 0.05) is 18.4 Å². The van der Waals surface area contributed by atoms with Crippen LogP contribution in [0.1, 0.15) is 29.6 Å². The van der Waals surface area contributed by atoms with Crippen LogP contribution >= 0.6 is 0 Å². The minimum atomic E-state index is 0.154. The highest BCUT2D eigenvalue weighted by atomic mass is 16.5. The smallest absolute Gasteiger partial charge is 0.163 e. The van der Waals surface area contributed by atoms with E-state index >= 15 is 0 Å². The van der Waals surface area contributed by atoms with E-state index in [1.165, 1.54) is 0 Å². The molecule has 1 N–H and O–H groups in total. The molecule has 0 radical (unpaired) electrons. The van der Waals surface area contributed by atoms with Crippen molar-refractivity contribution in [1.82, 2.24) is 5.32 Å². The van der Waals surface area contributed by atoms with Crippen LogP contribution in [-0.4, -0.2) is 32.6 Å². The zero-order valence-corrected chi connectivity index (χ0v) is 10.7. The molecule has 4 nitrogen and oxygen atoms in total. The fourth-order valence-electron chi connectivity index (χ4n) is 1.91. The molecule has 0 saturated carbocycles. The Balaban J connectivity index is 2.05. The Morgan fingerprint density at radius 1 is 1.28 bits per heavy atom. The Kier molecular flexibility index (Phi) is 4.59. The van der Waals surface area contributed by atoms with Gasteiger partial charge in [0.05, 0.1) is 13.2 Å². The van der Waals surface area contributed by atoms with Gasteiger partial charge in [-0.05, 0) is 38.2 Å². The van der Waals surface area contributed by atoms with Gasteiger partial charge in [-0.2, -0.15) is 0 Å². The Morgan fingerprint density at radius 2 is 2.06 bits per heavy atom. The average Bonchev–Trinajstić information content (AvgIpc) is 2.63. The molecular weight excluding hydrogens is 230 g/mol. The molecule has 4 heteroatoms. The molecule has 0 amide bonds. The first-order valence-corrected chi connectivity index (χ1v) is 6.38. The lowest BCUT2D eigenvalue weighted by molar-refractivity contribution is 0.0980. The van der Waals surface area contributed by atoms with E-state index in [9.17, 15) is 4.79 Å². The van der Waals surface area contributed by atoms with Crippen molar-refractivity contribution in [3.05, 3.63) is 23.8 Å². The van der Waals surface area contributed by atoms with E-state index < -0.39 is 0 Å². The summed E-state index contributed by atoms with van der Waals surface area (Å²) in [6, 6.07) is 5.43. The van der Waals surface area contributed by atoms with Crippen molar-refractivity contribution >= 4 is 5.78 Å². The summed E-state index contributed by atoms with van der Waals surface area (Å²) in [5, 5.41) is 3.04. The molecule has 0 spiro atoms. The Labute approximate surface area is 107 Å². The molecule has 98 valence electrons. The topological polar surface area (TPSA) is 47.6 Å². The molecule has 0 aromatic heterocycles. The SMILES string of the molecule is CNCCCC(=O)c1ccc2c(c1)OCCCO2. The fourth-order valence-corrected chi connectivity index (χ4v) is 1.91. The maximum Gasteiger partial charge on any atom is 0.163 e. The van der Waals surface area contributed by atoms with Gasteiger partial charge < -0.3 is 14.8 Å². The van der Waals surface area contributed by atoms with Crippen LogP contribution in [-0.2, 0) is 0 Å². The minimum Gasteiger partial charge on any atom is -0.490 e. The molecule has 0 fully saturated rings. The predicted octanol–water partition coefficient (Wildman–Crippen LogP) is 2.03. The molecule has 1 heterocycles. The highest BCUT2D eigenvalue weighted by Crippen LogP contribution is 2.30. The van der Waals surface area contributed by atoms with Gasteiger partial charge in [0.1, 0.15) is 0 Å². The largest absolute Gasteiger partial charge is 0.490 e. The minimum absolute atomic E-state index is 0.154. The van der Waals surface area contributed by atoms with E-state index in [4.69, 9.17) is 9.47 Å². The second kappa shape index (κ2) is 6.40. The summed E-state index contributed by atoms with van der Waals surface area (Å²) in [5.41, 5.74) is 0.704. The van der Waals surface area contributed by atoms with Crippen LogP contribution in [0, 0.1) is 0 Å². The first kappa shape index (κ1) is 12.9. The van der Waals surface area contributed by atoms with Crippen molar-refractivity contribution in [1.29, 1.82) is 0 Å². The van der Waals surface area contributed by atoms with Crippen molar-refractivity contribution in [2.45, 2.75) is 19.3 Å². The molecule has 1 aromatic rings. The van der Waals surface area contributed by atoms with Gasteiger partial charge in [-0.3, -0.25) is 4.79 Å². The average molecular weight is 249 g/mol. The van der Waals surface area contributed by atoms with Crippen molar-refractivity contribution in [3.63, 3.8) is 0 Å². The number of benzene rings is 1. The van der Waals surface area contributed by atoms with Gasteiger partial charge in [0.25, 0.3) is 0 Å². The van der Waals surface area contributed by atoms with Gasteiger partial charge in [-0.1, -0.05) is 0 Å². The number of ketones is 1. The lowest BCUT2D eigenvalue weighted by atomic mass is 10.1. The number of hydrogen-bond donors (Lipinski definition) is 1. The molecule has 2 rings (SSSR count). The summed E-state index contributed by atoms with van der Waals surface area (Å²) in [7, 11) is 1.89. The first-order valence-electron chi connectivity index (χ1n) is 6.38. The van der Waals surface area contributed by atoms with Crippen LogP contribution in [0.4, 0.5) is 0 Å². The number of Topliss-reactive ketones (excluding diaryl/α,β-unsaturated/α-hetero) is 1. The number of carbonyl (C=O) groups is 1. The van der Waals surface area contributed by atoms with Crippen LogP contribution in [0.3, 0.4) is 0 Å². The van der Waals surface area contributed by atoms with E-state index in [1.54, 1.807) is 6.07 Å². The van der Waals surface area contributed by atoms with Crippen molar-refractivity contribution in [3.8, 4) is 11.5 Å². The van der Waals surface area contributed by atoms with Crippen molar-refractivity contribution in [2.75, 3.05) is 26.8 Å². The van der Waals surface area contributed by atoms with Crippen LogP contribution in [0.5, 0.6) is 11.5 Å². The number of nitrogens with one attached hydrogen (secondary N) is 1. The maximum absolute atomic E-state index is 12.0. The molecule has 1 aromatic carbocycles. The molecule has 18 heavy (non-hydrogen) atoms. The second-order valence-electron chi connectivity index (χ2n) is 4.34. The summed E-state index contributed by atoms with van der Waals surface area (Å²) in [6.07, 6.45) is 2.28. The summed E-state index contributed by atoms with van der Waals surface area (Å²) >= 11 is 0. The van der Waals surface area contributed by atoms with Crippen LogP contribution < -0.4 is 14.8 Å². The quantitative estimate of drug-likeness (QED) is 0.640. The molecule has 1 aliphatic rings. The Hall–Kier alpha value is -1.55. The Morgan fingerprint density at radius 3 is 2.83 bits per heavy atom. The normalized spacial score (nSPS) is 14.1. The van der Waals surface area contributed by atoms with E-state index in [-0.39, 0.29) is 5.78 Å². The molecule has 0 atom stereocenters. The summed E-state index contributed by atoms with van der Waals surface area (Å²) < 4.78 is 11.1. The molecule has 0 unspecified atom stereocenters. The summed E-state index contributed by atoms with van der Waals surface area (Å²) in [4.78, 5) is 12.0. The zero-order valence-electron chi connectivity index (χ0n) is 10.7. The third kappa shape index (κ3) is 3.23. The van der Waals surface area contributed by atoms with E-state index in [0.717, 1.165) is 25.1 Å². The van der Waals surface area contributed by atoms with Crippen molar-refractivity contribution in [2.24, 2.45) is 0 Å². The number of ether oxygens (including phenoxy) is 2. The van der Waals surface area contributed by atoms with Gasteiger partial charge in [0.15, 0.2) is 17.3 Å². The summed E-state index contributed by atoms with van der Waals surface area (Å²) in [6.45, 7) is 2.17. The number of hydrogen-bond acceptors (Lipinski definition) is 4. The van der Waals surface area contributed by atoms with E-state index in [1.807, 2.05) is 19.2 Å². The monoisotopic (exact) mass is 249 g/mol. The predicted molar refractivity (Wildman–Crippen MR) is 69.5 cm³/mol. The lowest BCUT2D eigenvalue weighted by Gasteiger charge is -2.08. The third-order valence-corrected chi connectivity index (χ3v) is 2.90. The Bertz CT molecular complexity index is 418. The van der Waals surface area contributed by atoms with Crippen LogP contribution in [0.15, 0.2) is 18.2 Å². The van der Waals surface area contributed by atoms with E-state index in [2.05, 4.69) is 5.32 Å². The molecule has 1 aliphatic heterocycles. The van der Waals surface area contributed by atoms with Gasteiger partial charge in [-0.25, -0.2) is 0 Å². The van der Waals surface area contributed by atoms with Gasteiger partial charge in [0.2, 0.25) is 0 Å². The number of fused-ring (bicyclic) bond motifs is 1.